The first kappa shape index (κ1) is 15.3. The van der Waals surface area contributed by atoms with Gasteiger partial charge in [0, 0.05) is 11.8 Å². The molecule has 1 fully saturated rings. The van der Waals surface area contributed by atoms with Crippen molar-refractivity contribution in [3.05, 3.63) is 46.1 Å². The summed E-state index contributed by atoms with van der Waals surface area (Å²) in [6, 6.07) is 6.21. The van der Waals surface area contributed by atoms with Crippen molar-refractivity contribution >= 4 is 11.8 Å². The van der Waals surface area contributed by atoms with E-state index in [0.29, 0.717) is 12.5 Å². The minimum atomic E-state index is -0.592. The van der Waals surface area contributed by atoms with Crippen LogP contribution in [0.4, 0.5) is 4.39 Å². The first-order valence-corrected chi connectivity index (χ1v) is 8.37. The smallest absolute Gasteiger partial charge is 0.344 e. The zero-order valence-corrected chi connectivity index (χ0v) is 12.9. The summed E-state index contributed by atoms with van der Waals surface area (Å²) in [4.78, 5) is 11.6. The lowest BCUT2D eigenvalue weighted by Crippen LogP contribution is -2.16. The molecule has 7 heteroatoms. The van der Waals surface area contributed by atoms with Gasteiger partial charge in [-0.05, 0) is 43.4 Å². The molecule has 0 unspecified atom stereocenters. The SMILES string of the molecule is O=c1[nH]nc(SCCC[C@@H](O)c2ccc(F)cc2)n1C1CC1. The number of thioether (sulfide) groups is 1. The van der Waals surface area contributed by atoms with Crippen LogP contribution in [0.3, 0.4) is 0 Å². The fraction of sp³-hybridized carbons (Fsp3) is 0.467. The van der Waals surface area contributed by atoms with E-state index in [0.717, 1.165) is 35.7 Å². The predicted octanol–water partition coefficient (Wildman–Crippen LogP) is 2.65. The van der Waals surface area contributed by atoms with Gasteiger partial charge in [0.1, 0.15) is 5.82 Å². The molecule has 5 nitrogen and oxygen atoms in total. The maximum atomic E-state index is 12.8. The van der Waals surface area contributed by atoms with Crippen molar-refractivity contribution in [1.82, 2.24) is 14.8 Å². The summed E-state index contributed by atoms with van der Waals surface area (Å²) in [5, 5.41) is 17.3. The highest BCUT2D eigenvalue weighted by Crippen LogP contribution is 2.36. The normalized spacial score (nSPS) is 15.9. The van der Waals surface area contributed by atoms with Crippen LogP contribution in [0.5, 0.6) is 0 Å². The van der Waals surface area contributed by atoms with Gasteiger partial charge < -0.3 is 5.11 Å². The zero-order valence-electron chi connectivity index (χ0n) is 12.0. The minimum Gasteiger partial charge on any atom is -0.388 e. The first-order valence-electron chi connectivity index (χ1n) is 7.38. The van der Waals surface area contributed by atoms with E-state index in [1.54, 1.807) is 16.7 Å². The number of aliphatic hydroxyl groups excluding tert-OH is 1. The Labute approximate surface area is 131 Å². The van der Waals surface area contributed by atoms with Gasteiger partial charge in [0.25, 0.3) is 0 Å². The maximum Gasteiger partial charge on any atom is 0.344 e. The number of aromatic nitrogens is 3. The summed E-state index contributed by atoms with van der Waals surface area (Å²) in [6.07, 6.45) is 2.86. The van der Waals surface area contributed by atoms with Crippen LogP contribution in [0.1, 0.15) is 43.4 Å². The Morgan fingerprint density at radius 1 is 1.41 bits per heavy atom. The predicted molar refractivity (Wildman–Crippen MR) is 82.4 cm³/mol. The largest absolute Gasteiger partial charge is 0.388 e. The molecule has 1 aliphatic carbocycles. The van der Waals surface area contributed by atoms with Crippen LogP contribution in [-0.2, 0) is 0 Å². The molecule has 1 saturated carbocycles. The van der Waals surface area contributed by atoms with Gasteiger partial charge in [-0.1, -0.05) is 23.9 Å². The molecule has 2 aromatic rings. The van der Waals surface area contributed by atoms with E-state index in [4.69, 9.17) is 0 Å². The number of H-pyrrole nitrogens is 1. The van der Waals surface area contributed by atoms with Gasteiger partial charge in [0.2, 0.25) is 0 Å². The molecule has 1 aliphatic rings. The summed E-state index contributed by atoms with van der Waals surface area (Å²) < 4.78 is 14.6. The Morgan fingerprint density at radius 2 is 2.14 bits per heavy atom. The molecule has 0 radical (unpaired) electrons. The first-order chi connectivity index (χ1) is 10.6. The average Bonchev–Trinajstić information content (AvgIpc) is 3.28. The van der Waals surface area contributed by atoms with Gasteiger partial charge in [-0.3, -0.25) is 4.57 Å². The van der Waals surface area contributed by atoms with E-state index in [2.05, 4.69) is 10.2 Å². The van der Waals surface area contributed by atoms with Crippen LogP contribution >= 0.6 is 11.8 Å². The highest BCUT2D eigenvalue weighted by atomic mass is 32.2. The molecule has 1 heterocycles. The molecule has 118 valence electrons. The van der Waals surface area contributed by atoms with Crippen LogP contribution in [-0.4, -0.2) is 25.6 Å². The van der Waals surface area contributed by atoms with Crippen LogP contribution in [0.15, 0.2) is 34.2 Å². The molecular formula is C15H18FN3O2S. The van der Waals surface area contributed by atoms with Gasteiger partial charge in [0.05, 0.1) is 6.10 Å². The number of aliphatic hydroxyl groups is 1. The van der Waals surface area contributed by atoms with Gasteiger partial charge in [-0.2, -0.15) is 0 Å². The fourth-order valence-electron chi connectivity index (χ4n) is 2.34. The third-order valence-corrected chi connectivity index (χ3v) is 4.73. The molecule has 1 aromatic carbocycles. The molecule has 0 saturated heterocycles. The maximum absolute atomic E-state index is 12.8. The lowest BCUT2D eigenvalue weighted by atomic mass is 10.1. The average molecular weight is 323 g/mol. The van der Waals surface area contributed by atoms with E-state index in [1.807, 2.05) is 0 Å². The Balaban J connectivity index is 1.47. The Kier molecular flexibility index (Phi) is 4.63. The number of nitrogens with one attached hydrogen (secondary N) is 1. The molecule has 0 spiro atoms. The van der Waals surface area contributed by atoms with Gasteiger partial charge in [-0.15, -0.1) is 5.10 Å². The van der Waals surface area contributed by atoms with Crippen molar-refractivity contribution in [2.24, 2.45) is 0 Å². The van der Waals surface area contributed by atoms with E-state index < -0.39 is 6.10 Å². The van der Waals surface area contributed by atoms with Crippen LogP contribution in [0.25, 0.3) is 0 Å². The number of halogens is 1. The summed E-state index contributed by atoms with van der Waals surface area (Å²) in [5.74, 6) is 0.470. The van der Waals surface area contributed by atoms with Gasteiger partial charge in [-0.25, -0.2) is 14.3 Å². The number of aromatic amines is 1. The van der Waals surface area contributed by atoms with Crippen molar-refractivity contribution in [3.63, 3.8) is 0 Å². The van der Waals surface area contributed by atoms with Crippen molar-refractivity contribution in [1.29, 1.82) is 0 Å². The monoisotopic (exact) mass is 323 g/mol. The molecule has 2 N–H and O–H groups in total. The molecule has 3 rings (SSSR count). The van der Waals surface area contributed by atoms with E-state index in [9.17, 15) is 14.3 Å². The Bertz CT molecular complexity index is 679. The summed E-state index contributed by atoms with van der Waals surface area (Å²) >= 11 is 1.53. The second-order valence-corrected chi connectivity index (χ2v) is 6.53. The second-order valence-electron chi connectivity index (χ2n) is 5.47. The molecule has 1 aromatic heterocycles. The molecule has 0 aliphatic heterocycles. The number of hydrogen-bond donors (Lipinski definition) is 2. The van der Waals surface area contributed by atoms with Crippen LogP contribution < -0.4 is 5.69 Å². The highest BCUT2D eigenvalue weighted by Gasteiger charge is 2.28. The molecule has 0 bridgehead atoms. The van der Waals surface area contributed by atoms with Crippen molar-refractivity contribution < 1.29 is 9.50 Å². The number of nitrogens with zero attached hydrogens (tertiary/aromatic N) is 2. The number of rotatable bonds is 7. The number of benzene rings is 1. The van der Waals surface area contributed by atoms with E-state index >= 15 is 0 Å². The lowest BCUT2D eigenvalue weighted by molar-refractivity contribution is 0.167. The summed E-state index contributed by atoms with van der Waals surface area (Å²) in [7, 11) is 0. The highest BCUT2D eigenvalue weighted by molar-refractivity contribution is 7.99. The Hall–Kier alpha value is -1.60. The van der Waals surface area contributed by atoms with Crippen molar-refractivity contribution in [3.8, 4) is 0 Å². The topological polar surface area (TPSA) is 70.9 Å². The Morgan fingerprint density at radius 3 is 2.82 bits per heavy atom. The van der Waals surface area contributed by atoms with E-state index in [-0.39, 0.29) is 11.5 Å². The lowest BCUT2D eigenvalue weighted by Gasteiger charge is -2.10. The number of hydrogen-bond acceptors (Lipinski definition) is 4. The zero-order chi connectivity index (χ0) is 15.5. The van der Waals surface area contributed by atoms with E-state index in [1.165, 1.54) is 23.9 Å². The van der Waals surface area contributed by atoms with Gasteiger partial charge in [0.15, 0.2) is 5.16 Å². The van der Waals surface area contributed by atoms with Crippen molar-refractivity contribution in [2.75, 3.05) is 5.75 Å². The molecular weight excluding hydrogens is 305 g/mol. The van der Waals surface area contributed by atoms with Crippen LogP contribution in [0.2, 0.25) is 0 Å². The van der Waals surface area contributed by atoms with Crippen LogP contribution in [0, 0.1) is 5.82 Å². The van der Waals surface area contributed by atoms with Gasteiger partial charge >= 0.3 is 5.69 Å². The quantitative estimate of drug-likeness (QED) is 0.607. The molecule has 0 amide bonds. The summed E-state index contributed by atoms with van der Waals surface area (Å²) in [5.41, 5.74) is 0.581. The second kappa shape index (κ2) is 6.66. The molecule has 1 atom stereocenters. The molecule has 22 heavy (non-hydrogen) atoms. The minimum absolute atomic E-state index is 0.142. The standard InChI is InChI=1S/C15H18FN3O2S/c16-11-5-3-10(4-6-11)13(20)2-1-9-22-15-18-17-14(21)19(15)12-7-8-12/h3-6,12-13,20H,1-2,7-9H2,(H,17,21)/t13-/m1/s1. The summed E-state index contributed by atoms with van der Waals surface area (Å²) in [6.45, 7) is 0. The third-order valence-electron chi connectivity index (χ3n) is 3.69. The fourth-order valence-corrected chi connectivity index (χ4v) is 3.31. The third kappa shape index (κ3) is 3.59. The van der Waals surface area contributed by atoms with Crippen molar-refractivity contribution in [2.45, 2.75) is 43.0 Å².